The lowest BCUT2D eigenvalue weighted by Gasteiger charge is -2.34. The zero-order valence-electron chi connectivity index (χ0n) is 17.9. The highest BCUT2D eigenvalue weighted by atomic mass is 16.6. The number of carbonyl (C=O) groups excluding carboxylic acids is 3. The van der Waals surface area contributed by atoms with Crippen LogP contribution in [0.25, 0.3) is 0 Å². The van der Waals surface area contributed by atoms with Crippen molar-refractivity contribution in [2.75, 3.05) is 18.6 Å². The molecule has 0 radical (unpaired) electrons. The number of fused-ring (bicyclic) bond motifs is 1. The Morgan fingerprint density at radius 1 is 1.06 bits per heavy atom. The molecule has 0 spiro atoms. The predicted octanol–water partition coefficient (Wildman–Crippen LogP) is 3.33. The molecule has 3 heterocycles. The molecule has 2 aromatic rings. The Bertz CT molecular complexity index is 1010. The number of imide groups is 1. The largest absolute Gasteiger partial charge is 0.497 e. The molecule has 0 unspecified atom stereocenters. The molecule has 3 amide bonds. The first-order valence-electron chi connectivity index (χ1n) is 10.2. The van der Waals surface area contributed by atoms with E-state index in [1.165, 1.54) is 12.3 Å². The quantitative estimate of drug-likeness (QED) is 0.704. The highest BCUT2D eigenvalue weighted by Gasteiger charge is 2.38. The first-order valence-corrected chi connectivity index (χ1v) is 10.2. The number of aromatic nitrogens is 1. The van der Waals surface area contributed by atoms with Gasteiger partial charge in [-0.25, -0.2) is 14.7 Å². The lowest BCUT2D eigenvalue weighted by molar-refractivity contribution is -0.132. The number of anilines is 1. The summed E-state index contributed by atoms with van der Waals surface area (Å²) in [6.07, 6.45) is 2.18. The van der Waals surface area contributed by atoms with E-state index in [0.29, 0.717) is 25.2 Å². The van der Waals surface area contributed by atoms with Crippen molar-refractivity contribution < 1.29 is 23.9 Å². The normalized spacial score (nSPS) is 17.9. The number of benzene rings is 1. The second-order valence-corrected chi connectivity index (χ2v) is 8.67. The molecule has 0 bridgehead atoms. The van der Waals surface area contributed by atoms with Crippen molar-refractivity contribution in [2.45, 2.75) is 39.7 Å². The van der Waals surface area contributed by atoms with Crippen LogP contribution in [-0.2, 0) is 22.6 Å². The zero-order chi connectivity index (χ0) is 22.2. The lowest BCUT2D eigenvalue weighted by Crippen LogP contribution is -2.46. The summed E-state index contributed by atoms with van der Waals surface area (Å²) in [6.45, 7) is 4.78. The van der Waals surface area contributed by atoms with Gasteiger partial charge >= 0.3 is 6.09 Å². The van der Waals surface area contributed by atoms with Crippen LogP contribution in [0, 0.1) is 5.41 Å². The van der Waals surface area contributed by atoms with Crippen molar-refractivity contribution in [1.29, 1.82) is 0 Å². The molecule has 8 nitrogen and oxygen atoms in total. The second kappa shape index (κ2) is 8.02. The summed E-state index contributed by atoms with van der Waals surface area (Å²) in [7, 11) is 1.63. The number of nitrogens with zero attached hydrogens (tertiary/aromatic N) is 3. The Morgan fingerprint density at radius 3 is 2.45 bits per heavy atom. The molecular weight excluding hydrogens is 398 g/mol. The molecule has 0 atom stereocenters. The van der Waals surface area contributed by atoms with Crippen molar-refractivity contribution in [1.82, 2.24) is 9.88 Å². The summed E-state index contributed by atoms with van der Waals surface area (Å²) in [5.41, 5.74) is 2.25. The molecular formula is C23H25N3O5. The molecule has 1 aromatic heterocycles. The highest BCUT2D eigenvalue weighted by Crippen LogP contribution is 2.34. The smallest absolute Gasteiger partial charge is 0.416 e. The van der Waals surface area contributed by atoms with Crippen LogP contribution in [0.3, 0.4) is 0 Å². The number of amides is 3. The predicted molar refractivity (Wildman–Crippen MR) is 113 cm³/mol. The van der Waals surface area contributed by atoms with Gasteiger partial charge in [0.25, 0.3) is 0 Å². The zero-order valence-corrected chi connectivity index (χ0v) is 17.9. The van der Waals surface area contributed by atoms with Gasteiger partial charge in [0.2, 0.25) is 17.7 Å². The number of hydrogen-bond donors (Lipinski definition) is 0. The SMILES string of the molecule is COc1ccc2c(c1)CCN(C(=O)Oc1ccc(N3C(=O)CC(C)(C)CC3=O)cn1)C2. The van der Waals surface area contributed by atoms with E-state index in [1.807, 2.05) is 32.0 Å². The van der Waals surface area contributed by atoms with Crippen LogP contribution in [0.4, 0.5) is 10.5 Å². The second-order valence-electron chi connectivity index (χ2n) is 8.67. The van der Waals surface area contributed by atoms with Crippen LogP contribution < -0.4 is 14.4 Å². The third kappa shape index (κ3) is 4.38. The summed E-state index contributed by atoms with van der Waals surface area (Å²) in [5, 5.41) is 0. The van der Waals surface area contributed by atoms with Crippen molar-refractivity contribution >= 4 is 23.6 Å². The first-order chi connectivity index (χ1) is 14.8. The van der Waals surface area contributed by atoms with E-state index in [0.717, 1.165) is 21.8 Å². The van der Waals surface area contributed by atoms with E-state index in [-0.39, 0.29) is 36.0 Å². The van der Waals surface area contributed by atoms with Gasteiger partial charge in [-0.2, -0.15) is 0 Å². The highest BCUT2D eigenvalue weighted by molar-refractivity contribution is 6.16. The van der Waals surface area contributed by atoms with Crippen molar-refractivity contribution in [3.05, 3.63) is 47.7 Å². The molecule has 162 valence electrons. The number of hydrogen-bond acceptors (Lipinski definition) is 6. The average Bonchev–Trinajstić information content (AvgIpc) is 2.72. The fourth-order valence-corrected chi connectivity index (χ4v) is 4.00. The molecule has 1 saturated heterocycles. The van der Waals surface area contributed by atoms with Gasteiger partial charge < -0.3 is 14.4 Å². The monoisotopic (exact) mass is 423 g/mol. The number of piperidine rings is 1. The number of carbonyl (C=O) groups is 3. The Hall–Kier alpha value is -3.42. The van der Waals surface area contributed by atoms with E-state index in [2.05, 4.69) is 4.98 Å². The van der Waals surface area contributed by atoms with Gasteiger partial charge in [0, 0.05) is 32.0 Å². The summed E-state index contributed by atoms with van der Waals surface area (Å²) >= 11 is 0. The van der Waals surface area contributed by atoms with Crippen LogP contribution in [0.5, 0.6) is 11.6 Å². The third-order valence-corrected chi connectivity index (χ3v) is 5.61. The summed E-state index contributed by atoms with van der Waals surface area (Å²) < 4.78 is 10.7. The Labute approximate surface area is 180 Å². The summed E-state index contributed by atoms with van der Waals surface area (Å²) in [6, 6.07) is 8.88. The molecule has 0 aliphatic carbocycles. The van der Waals surface area contributed by atoms with Gasteiger partial charge in [0.1, 0.15) is 5.75 Å². The van der Waals surface area contributed by atoms with Crippen molar-refractivity contribution in [2.24, 2.45) is 5.41 Å². The molecule has 1 aromatic carbocycles. The van der Waals surface area contributed by atoms with E-state index in [1.54, 1.807) is 18.1 Å². The van der Waals surface area contributed by atoms with E-state index >= 15 is 0 Å². The molecule has 2 aliphatic rings. The van der Waals surface area contributed by atoms with E-state index in [4.69, 9.17) is 9.47 Å². The van der Waals surface area contributed by atoms with E-state index < -0.39 is 6.09 Å². The topological polar surface area (TPSA) is 89.0 Å². The van der Waals surface area contributed by atoms with Gasteiger partial charge in [0.15, 0.2) is 0 Å². The van der Waals surface area contributed by atoms with Crippen LogP contribution in [0.15, 0.2) is 36.5 Å². The molecule has 0 N–H and O–H groups in total. The standard InChI is InChI=1S/C23H25N3O5/c1-23(2)11-20(27)26(21(28)12-23)17-5-7-19(24-13-17)31-22(29)25-9-8-15-10-18(30-3)6-4-16(15)14-25/h4-7,10,13H,8-9,11-12,14H2,1-3H3. The molecule has 8 heteroatoms. The minimum absolute atomic E-state index is 0.117. The molecule has 31 heavy (non-hydrogen) atoms. The number of rotatable bonds is 3. The van der Waals surface area contributed by atoms with Gasteiger partial charge in [-0.05, 0) is 41.2 Å². The van der Waals surface area contributed by atoms with Crippen LogP contribution in [0.2, 0.25) is 0 Å². The fraction of sp³-hybridized carbons (Fsp3) is 0.391. The summed E-state index contributed by atoms with van der Waals surface area (Å²) in [5.74, 6) is 0.410. The van der Waals surface area contributed by atoms with Gasteiger partial charge in [-0.15, -0.1) is 0 Å². The minimum atomic E-state index is -0.492. The molecule has 1 fully saturated rings. The number of methoxy groups -OCH3 is 1. The number of ether oxygens (including phenoxy) is 2. The maximum Gasteiger partial charge on any atom is 0.416 e. The molecule has 0 saturated carbocycles. The lowest BCUT2D eigenvalue weighted by atomic mass is 9.81. The van der Waals surface area contributed by atoms with Crippen LogP contribution in [0.1, 0.15) is 37.8 Å². The van der Waals surface area contributed by atoms with E-state index in [9.17, 15) is 14.4 Å². The van der Waals surface area contributed by atoms with Crippen molar-refractivity contribution in [3.63, 3.8) is 0 Å². The van der Waals surface area contributed by atoms with Gasteiger partial charge in [-0.3, -0.25) is 9.59 Å². The Balaban J connectivity index is 1.40. The Kier molecular flexibility index (Phi) is 5.39. The molecule has 2 aliphatic heterocycles. The first kappa shape index (κ1) is 20.8. The fourth-order valence-electron chi connectivity index (χ4n) is 4.00. The van der Waals surface area contributed by atoms with Crippen LogP contribution >= 0.6 is 0 Å². The van der Waals surface area contributed by atoms with Gasteiger partial charge in [0.05, 0.1) is 19.0 Å². The Morgan fingerprint density at radius 2 is 1.81 bits per heavy atom. The van der Waals surface area contributed by atoms with Gasteiger partial charge in [-0.1, -0.05) is 19.9 Å². The summed E-state index contributed by atoms with van der Waals surface area (Å²) in [4.78, 5) is 44.3. The minimum Gasteiger partial charge on any atom is -0.497 e. The number of pyridine rings is 1. The van der Waals surface area contributed by atoms with Crippen molar-refractivity contribution in [3.8, 4) is 11.6 Å². The molecule has 4 rings (SSSR count). The maximum absolute atomic E-state index is 12.6. The third-order valence-electron chi connectivity index (χ3n) is 5.61. The average molecular weight is 423 g/mol. The maximum atomic E-state index is 12.6. The van der Waals surface area contributed by atoms with Crippen LogP contribution in [-0.4, -0.2) is 41.4 Å².